The highest BCUT2D eigenvalue weighted by Crippen LogP contribution is 2.28. The van der Waals surface area contributed by atoms with E-state index < -0.39 is 11.9 Å². The summed E-state index contributed by atoms with van der Waals surface area (Å²) in [5, 5.41) is 12.0. The molecule has 20 heavy (non-hydrogen) atoms. The second kappa shape index (κ2) is 5.66. The minimum Gasteiger partial charge on any atom is -0.481 e. The topological polar surface area (TPSA) is 69.6 Å². The van der Waals surface area contributed by atoms with Crippen molar-refractivity contribution in [3.63, 3.8) is 0 Å². The largest absolute Gasteiger partial charge is 0.481 e. The minimum atomic E-state index is -0.931. The highest BCUT2D eigenvalue weighted by molar-refractivity contribution is 5.81. The van der Waals surface area contributed by atoms with E-state index in [-0.39, 0.29) is 18.6 Å². The van der Waals surface area contributed by atoms with Crippen molar-refractivity contribution in [1.29, 1.82) is 0 Å². The molecule has 0 spiro atoms. The van der Waals surface area contributed by atoms with Crippen molar-refractivity contribution in [3.05, 3.63) is 35.4 Å². The number of aliphatic carboxylic acids is 1. The van der Waals surface area contributed by atoms with Crippen LogP contribution >= 0.6 is 0 Å². The number of nitrogens with one attached hydrogen (secondary N) is 1. The van der Waals surface area contributed by atoms with Gasteiger partial charge in [-0.05, 0) is 18.1 Å². The molecule has 1 aromatic carbocycles. The molecule has 0 aliphatic carbocycles. The zero-order valence-electron chi connectivity index (χ0n) is 11.2. The van der Waals surface area contributed by atoms with Gasteiger partial charge in [0.25, 0.3) is 0 Å². The van der Waals surface area contributed by atoms with Crippen LogP contribution in [0.15, 0.2) is 24.3 Å². The highest BCUT2D eigenvalue weighted by atomic mass is 16.4. The van der Waals surface area contributed by atoms with E-state index in [2.05, 4.69) is 11.2 Å². The third kappa shape index (κ3) is 2.75. The first kappa shape index (κ1) is 13.9. The predicted octanol–water partition coefficient (Wildman–Crippen LogP) is 1.40. The molecule has 1 aliphatic rings. The maximum absolute atomic E-state index is 12.1. The molecule has 104 valence electrons. The van der Waals surface area contributed by atoms with E-state index in [0.29, 0.717) is 6.54 Å². The Morgan fingerprint density at radius 2 is 2.20 bits per heavy atom. The summed E-state index contributed by atoms with van der Waals surface area (Å²) in [6, 6.07) is 6.57. The van der Waals surface area contributed by atoms with Crippen molar-refractivity contribution in [2.75, 3.05) is 6.54 Å². The van der Waals surface area contributed by atoms with Crippen LogP contribution in [0.25, 0.3) is 0 Å². The van der Waals surface area contributed by atoms with Crippen molar-refractivity contribution in [2.24, 2.45) is 0 Å². The number of benzene rings is 1. The second-order valence-electron chi connectivity index (χ2n) is 4.81. The molecule has 2 unspecified atom stereocenters. The molecule has 0 radical (unpaired) electrons. The van der Waals surface area contributed by atoms with E-state index in [1.54, 1.807) is 13.0 Å². The third-order valence-corrected chi connectivity index (χ3v) is 3.37. The number of carbonyl (C=O) groups is 2. The number of hydrogen-bond acceptors (Lipinski definition) is 2. The van der Waals surface area contributed by atoms with Gasteiger partial charge in [-0.3, -0.25) is 4.79 Å². The lowest BCUT2D eigenvalue weighted by Crippen LogP contribution is -2.47. The molecule has 1 heterocycles. The SMILES string of the molecule is C#CC(C)NC(=O)N1Cc2ccccc2C(C(=O)O)C1. The number of carboxylic acids is 1. The number of terminal acetylenes is 1. The summed E-state index contributed by atoms with van der Waals surface area (Å²) in [5.74, 6) is 0.781. The van der Waals surface area contributed by atoms with E-state index in [0.717, 1.165) is 11.1 Å². The number of carbonyl (C=O) groups excluding carboxylic acids is 1. The van der Waals surface area contributed by atoms with Gasteiger partial charge in [0.1, 0.15) is 0 Å². The number of amides is 2. The summed E-state index contributed by atoms with van der Waals surface area (Å²) < 4.78 is 0. The molecule has 0 aromatic heterocycles. The molecule has 0 saturated carbocycles. The van der Waals surface area contributed by atoms with Crippen LogP contribution in [0.1, 0.15) is 24.0 Å². The lowest BCUT2D eigenvalue weighted by molar-refractivity contribution is -0.139. The molecule has 5 heteroatoms. The third-order valence-electron chi connectivity index (χ3n) is 3.37. The molecule has 1 aromatic rings. The average molecular weight is 272 g/mol. The average Bonchev–Trinajstić information content (AvgIpc) is 2.45. The fourth-order valence-corrected chi connectivity index (χ4v) is 2.29. The molecule has 2 amide bonds. The fourth-order valence-electron chi connectivity index (χ4n) is 2.29. The highest BCUT2D eigenvalue weighted by Gasteiger charge is 2.32. The normalized spacial score (nSPS) is 18.6. The molecule has 0 saturated heterocycles. The Balaban J connectivity index is 2.23. The molecule has 0 bridgehead atoms. The van der Waals surface area contributed by atoms with Gasteiger partial charge in [-0.25, -0.2) is 4.79 Å². The number of carboxylic acid groups (broad SMARTS) is 1. The maximum Gasteiger partial charge on any atom is 0.318 e. The van der Waals surface area contributed by atoms with Crippen molar-refractivity contribution in [2.45, 2.75) is 25.4 Å². The predicted molar refractivity (Wildman–Crippen MR) is 74.1 cm³/mol. The Bertz CT molecular complexity index is 577. The summed E-state index contributed by atoms with van der Waals surface area (Å²) in [6.45, 7) is 2.24. The number of nitrogens with zero attached hydrogens (tertiary/aromatic N) is 1. The van der Waals surface area contributed by atoms with Crippen LogP contribution in [0.5, 0.6) is 0 Å². The van der Waals surface area contributed by atoms with Crippen LogP contribution in [0.3, 0.4) is 0 Å². The zero-order chi connectivity index (χ0) is 14.7. The van der Waals surface area contributed by atoms with Crippen molar-refractivity contribution < 1.29 is 14.7 Å². The molecule has 5 nitrogen and oxygen atoms in total. The van der Waals surface area contributed by atoms with Crippen LogP contribution in [0, 0.1) is 12.3 Å². The molecule has 1 aliphatic heterocycles. The van der Waals surface area contributed by atoms with Crippen LogP contribution in [0.2, 0.25) is 0 Å². The first-order valence-electron chi connectivity index (χ1n) is 6.35. The molecular weight excluding hydrogens is 256 g/mol. The van der Waals surface area contributed by atoms with E-state index in [9.17, 15) is 14.7 Å². The first-order valence-corrected chi connectivity index (χ1v) is 6.35. The fraction of sp³-hybridized carbons (Fsp3) is 0.333. The zero-order valence-corrected chi connectivity index (χ0v) is 11.2. The van der Waals surface area contributed by atoms with Crippen molar-refractivity contribution >= 4 is 12.0 Å². The first-order chi connectivity index (χ1) is 9.52. The standard InChI is InChI=1S/C15H16N2O3/c1-3-10(2)16-15(20)17-8-11-6-4-5-7-12(11)13(9-17)14(18)19/h1,4-7,10,13H,8-9H2,2H3,(H,16,20)(H,18,19). The van der Waals surface area contributed by atoms with Gasteiger partial charge in [0.15, 0.2) is 0 Å². The van der Waals surface area contributed by atoms with Crippen LogP contribution in [0.4, 0.5) is 4.79 Å². The smallest absolute Gasteiger partial charge is 0.318 e. The van der Waals surface area contributed by atoms with Gasteiger partial charge in [-0.15, -0.1) is 6.42 Å². The Hall–Kier alpha value is -2.48. The number of urea groups is 1. The van der Waals surface area contributed by atoms with Gasteiger partial charge in [0, 0.05) is 13.1 Å². The van der Waals surface area contributed by atoms with Gasteiger partial charge in [0.05, 0.1) is 12.0 Å². The van der Waals surface area contributed by atoms with Crippen LogP contribution in [-0.2, 0) is 11.3 Å². The Morgan fingerprint density at radius 3 is 2.85 bits per heavy atom. The van der Waals surface area contributed by atoms with Gasteiger partial charge in [0.2, 0.25) is 0 Å². The van der Waals surface area contributed by atoms with Crippen LogP contribution in [-0.4, -0.2) is 34.6 Å². The van der Waals surface area contributed by atoms with Gasteiger partial charge in [-0.2, -0.15) is 0 Å². The van der Waals surface area contributed by atoms with E-state index in [1.807, 2.05) is 18.2 Å². The molecule has 0 fully saturated rings. The van der Waals surface area contributed by atoms with Crippen molar-refractivity contribution in [1.82, 2.24) is 10.2 Å². The summed E-state index contributed by atoms with van der Waals surface area (Å²) in [7, 11) is 0. The number of hydrogen-bond donors (Lipinski definition) is 2. The molecule has 2 atom stereocenters. The van der Waals surface area contributed by atoms with E-state index >= 15 is 0 Å². The molecule has 2 N–H and O–H groups in total. The Kier molecular flexibility index (Phi) is 3.94. The molecule has 2 rings (SSSR count). The lowest BCUT2D eigenvalue weighted by atomic mass is 9.90. The van der Waals surface area contributed by atoms with E-state index in [1.165, 1.54) is 4.90 Å². The lowest BCUT2D eigenvalue weighted by Gasteiger charge is -2.33. The van der Waals surface area contributed by atoms with Crippen molar-refractivity contribution in [3.8, 4) is 12.3 Å². The second-order valence-corrected chi connectivity index (χ2v) is 4.81. The van der Waals surface area contributed by atoms with Gasteiger partial charge >= 0.3 is 12.0 Å². The molecular formula is C15H16N2O3. The summed E-state index contributed by atoms with van der Waals surface area (Å²) in [6.07, 6.45) is 5.22. The summed E-state index contributed by atoms with van der Waals surface area (Å²) >= 11 is 0. The van der Waals surface area contributed by atoms with Gasteiger partial charge in [-0.1, -0.05) is 30.2 Å². The summed E-state index contributed by atoms with van der Waals surface area (Å²) in [5.41, 5.74) is 1.63. The Morgan fingerprint density at radius 1 is 1.50 bits per heavy atom. The summed E-state index contributed by atoms with van der Waals surface area (Å²) in [4.78, 5) is 24.9. The number of rotatable bonds is 2. The maximum atomic E-state index is 12.1. The van der Waals surface area contributed by atoms with Gasteiger partial charge < -0.3 is 15.3 Å². The monoisotopic (exact) mass is 272 g/mol. The Labute approximate surface area is 117 Å². The van der Waals surface area contributed by atoms with E-state index in [4.69, 9.17) is 6.42 Å². The minimum absolute atomic E-state index is 0.148. The van der Waals surface area contributed by atoms with Crippen LogP contribution < -0.4 is 5.32 Å². The number of fused-ring (bicyclic) bond motifs is 1. The quantitative estimate of drug-likeness (QED) is 0.800.